The van der Waals surface area contributed by atoms with Gasteiger partial charge in [-0.15, -0.1) is 6.42 Å². The van der Waals surface area contributed by atoms with Crippen LogP contribution in [0.15, 0.2) is 18.2 Å². The van der Waals surface area contributed by atoms with E-state index >= 15 is 0 Å². The lowest BCUT2D eigenvalue weighted by Crippen LogP contribution is -2.25. The Morgan fingerprint density at radius 1 is 1.37 bits per heavy atom. The molecule has 2 atom stereocenters. The average Bonchev–Trinajstić information content (AvgIpc) is 3.24. The Bertz CT molecular complexity index is 547. The summed E-state index contributed by atoms with van der Waals surface area (Å²) in [4.78, 5) is 11.8. The van der Waals surface area contributed by atoms with Gasteiger partial charge >= 0.3 is 0 Å². The molecule has 4 nitrogen and oxygen atoms in total. The molecule has 0 bridgehead atoms. The molecule has 19 heavy (non-hydrogen) atoms. The van der Waals surface area contributed by atoms with Gasteiger partial charge in [-0.05, 0) is 30.0 Å². The van der Waals surface area contributed by atoms with Crippen LogP contribution >= 0.6 is 0 Å². The molecule has 98 valence electrons. The topological polar surface area (TPSA) is 47.6 Å². The monoisotopic (exact) mass is 257 g/mol. The number of terminal acetylenes is 1. The van der Waals surface area contributed by atoms with Crippen LogP contribution < -0.4 is 14.8 Å². The average molecular weight is 257 g/mol. The fourth-order valence-electron chi connectivity index (χ4n) is 2.41. The third-order valence-electron chi connectivity index (χ3n) is 3.49. The number of fused-ring (bicyclic) bond motifs is 1. The number of rotatable bonds is 3. The van der Waals surface area contributed by atoms with Crippen molar-refractivity contribution in [1.82, 2.24) is 5.32 Å². The van der Waals surface area contributed by atoms with Crippen molar-refractivity contribution in [3.8, 4) is 23.8 Å². The van der Waals surface area contributed by atoms with Gasteiger partial charge in [0.15, 0.2) is 11.5 Å². The predicted molar refractivity (Wildman–Crippen MR) is 70.1 cm³/mol. The van der Waals surface area contributed by atoms with Gasteiger partial charge in [-0.2, -0.15) is 0 Å². The van der Waals surface area contributed by atoms with Crippen molar-refractivity contribution in [2.75, 3.05) is 19.8 Å². The van der Waals surface area contributed by atoms with Crippen LogP contribution in [0.1, 0.15) is 17.9 Å². The number of ether oxygens (including phenoxy) is 2. The van der Waals surface area contributed by atoms with Crippen LogP contribution in [0, 0.1) is 18.3 Å². The Hall–Kier alpha value is -2.15. The van der Waals surface area contributed by atoms with Crippen LogP contribution in [0.5, 0.6) is 11.5 Å². The molecule has 4 heteroatoms. The maximum absolute atomic E-state index is 11.8. The van der Waals surface area contributed by atoms with Crippen LogP contribution in [0.4, 0.5) is 0 Å². The molecule has 1 aliphatic heterocycles. The highest BCUT2D eigenvalue weighted by atomic mass is 16.6. The predicted octanol–water partition coefficient (Wildman–Crippen LogP) is 1.31. The first kappa shape index (κ1) is 11.9. The molecule has 1 fully saturated rings. The summed E-state index contributed by atoms with van der Waals surface area (Å²) < 4.78 is 11.0. The van der Waals surface area contributed by atoms with Gasteiger partial charge in [-0.25, -0.2) is 0 Å². The molecule has 0 radical (unpaired) electrons. The molecule has 0 spiro atoms. The Morgan fingerprint density at radius 3 is 2.95 bits per heavy atom. The van der Waals surface area contributed by atoms with Gasteiger partial charge in [0.05, 0.1) is 6.54 Å². The van der Waals surface area contributed by atoms with E-state index in [0.29, 0.717) is 19.8 Å². The summed E-state index contributed by atoms with van der Waals surface area (Å²) in [6, 6.07) is 5.90. The zero-order valence-corrected chi connectivity index (χ0v) is 10.5. The van der Waals surface area contributed by atoms with Crippen LogP contribution in [0.3, 0.4) is 0 Å². The summed E-state index contributed by atoms with van der Waals surface area (Å²) in [5.74, 6) is 4.32. The zero-order valence-electron chi connectivity index (χ0n) is 10.5. The molecule has 1 amide bonds. The fourth-order valence-corrected chi connectivity index (χ4v) is 2.41. The van der Waals surface area contributed by atoms with Gasteiger partial charge in [-0.3, -0.25) is 4.79 Å². The van der Waals surface area contributed by atoms with Crippen molar-refractivity contribution in [2.45, 2.75) is 12.3 Å². The van der Waals surface area contributed by atoms with E-state index < -0.39 is 0 Å². The number of amides is 1. The molecule has 1 aliphatic carbocycles. The molecule has 3 rings (SSSR count). The first-order valence-electron chi connectivity index (χ1n) is 6.40. The summed E-state index contributed by atoms with van der Waals surface area (Å²) >= 11 is 0. The Kier molecular flexibility index (Phi) is 3.04. The summed E-state index contributed by atoms with van der Waals surface area (Å²) in [6.45, 7) is 1.46. The first-order chi connectivity index (χ1) is 9.29. The Balaban J connectivity index is 1.68. The summed E-state index contributed by atoms with van der Waals surface area (Å²) in [5.41, 5.74) is 1.13. The Morgan fingerprint density at radius 2 is 2.16 bits per heavy atom. The van der Waals surface area contributed by atoms with E-state index in [1.807, 2.05) is 18.2 Å². The third-order valence-corrected chi connectivity index (χ3v) is 3.49. The van der Waals surface area contributed by atoms with Gasteiger partial charge < -0.3 is 14.8 Å². The van der Waals surface area contributed by atoms with Crippen molar-refractivity contribution >= 4 is 5.91 Å². The van der Waals surface area contributed by atoms with E-state index in [1.54, 1.807) is 0 Å². The second kappa shape index (κ2) is 4.85. The number of carbonyl (C=O) groups is 1. The molecule has 1 N–H and O–H groups in total. The minimum absolute atomic E-state index is 0.0379. The van der Waals surface area contributed by atoms with Crippen LogP contribution in [0.25, 0.3) is 0 Å². The van der Waals surface area contributed by atoms with Crippen LogP contribution in [-0.2, 0) is 4.79 Å². The smallest absolute Gasteiger partial charge is 0.224 e. The molecule has 1 saturated carbocycles. The lowest BCUT2D eigenvalue weighted by molar-refractivity contribution is -0.122. The summed E-state index contributed by atoms with van der Waals surface area (Å²) in [7, 11) is 0. The maximum atomic E-state index is 11.8. The van der Waals surface area contributed by atoms with Crippen LogP contribution in [0.2, 0.25) is 0 Å². The number of benzene rings is 1. The molecular formula is C15H15NO3. The SMILES string of the molecule is C#CCNC(=O)[C@H]1C[C@@H]1c1ccc2c(c1)OCCO2. The highest BCUT2D eigenvalue weighted by Crippen LogP contribution is 2.49. The molecular weight excluding hydrogens is 242 g/mol. The quantitative estimate of drug-likeness (QED) is 0.831. The summed E-state index contributed by atoms with van der Waals surface area (Å²) in [6.07, 6.45) is 6.00. The first-order valence-corrected chi connectivity index (χ1v) is 6.40. The fraction of sp³-hybridized carbons (Fsp3) is 0.400. The Labute approximate surface area is 112 Å². The lowest BCUT2D eigenvalue weighted by Gasteiger charge is -2.18. The van der Waals surface area contributed by atoms with Crippen molar-refractivity contribution < 1.29 is 14.3 Å². The normalized spacial score (nSPS) is 23.3. The minimum atomic E-state index is 0.0379. The van der Waals surface area contributed by atoms with E-state index in [2.05, 4.69) is 11.2 Å². The third kappa shape index (κ3) is 2.37. The van der Waals surface area contributed by atoms with Crippen molar-refractivity contribution in [3.05, 3.63) is 23.8 Å². The zero-order chi connectivity index (χ0) is 13.2. The molecule has 0 unspecified atom stereocenters. The lowest BCUT2D eigenvalue weighted by atomic mass is 10.1. The largest absolute Gasteiger partial charge is 0.486 e. The number of carbonyl (C=O) groups excluding carboxylic acids is 1. The van der Waals surface area contributed by atoms with E-state index in [4.69, 9.17) is 15.9 Å². The summed E-state index contributed by atoms with van der Waals surface area (Å²) in [5, 5.41) is 2.73. The van der Waals surface area contributed by atoms with Gasteiger partial charge in [-0.1, -0.05) is 12.0 Å². The van der Waals surface area contributed by atoms with Crippen molar-refractivity contribution in [3.63, 3.8) is 0 Å². The van der Waals surface area contributed by atoms with E-state index in [0.717, 1.165) is 23.5 Å². The van der Waals surface area contributed by atoms with E-state index in [-0.39, 0.29) is 17.7 Å². The number of hydrogen-bond acceptors (Lipinski definition) is 3. The van der Waals surface area contributed by atoms with Gasteiger partial charge in [0, 0.05) is 5.92 Å². The second-order valence-electron chi connectivity index (χ2n) is 4.77. The molecule has 0 aromatic heterocycles. The molecule has 1 aromatic carbocycles. The standard InChI is InChI=1S/C15H15NO3/c1-2-5-16-15(17)12-9-11(12)10-3-4-13-14(8-10)19-7-6-18-13/h1,3-4,8,11-12H,5-7,9H2,(H,16,17)/t11-,12+/m1/s1. The van der Waals surface area contributed by atoms with E-state index in [9.17, 15) is 4.79 Å². The van der Waals surface area contributed by atoms with Gasteiger partial charge in [0.2, 0.25) is 5.91 Å². The highest BCUT2D eigenvalue weighted by Gasteiger charge is 2.44. The van der Waals surface area contributed by atoms with Crippen molar-refractivity contribution in [2.24, 2.45) is 5.92 Å². The van der Waals surface area contributed by atoms with Gasteiger partial charge in [0.1, 0.15) is 13.2 Å². The maximum Gasteiger partial charge on any atom is 0.224 e. The van der Waals surface area contributed by atoms with Crippen LogP contribution in [-0.4, -0.2) is 25.7 Å². The minimum Gasteiger partial charge on any atom is -0.486 e. The highest BCUT2D eigenvalue weighted by molar-refractivity contribution is 5.83. The number of hydrogen-bond donors (Lipinski definition) is 1. The molecule has 1 aromatic rings. The van der Waals surface area contributed by atoms with Gasteiger partial charge in [0.25, 0.3) is 0 Å². The van der Waals surface area contributed by atoms with E-state index in [1.165, 1.54) is 0 Å². The molecule has 2 aliphatic rings. The molecule has 0 saturated heterocycles. The van der Waals surface area contributed by atoms with Crippen molar-refractivity contribution in [1.29, 1.82) is 0 Å². The second-order valence-corrected chi connectivity index (χ2v) is 4.77. The molecule has 1 heterocycles. The number of nitrogens with one attached hydrogen (secondary N) is 1.